The summed E-state index contributed by atoms with van der Waals surface area (Å²) in [5, 5.41) is 10.1. The van der Waals surface area contributed by atoms with Crippen LogP contribution in [0, 0.1) is 11.3 Å². The Morgan fingerprint density at radius 2 is 1.93 bits per heavy atom. The van der Waals surface area contributed by atoms with Gasteiger partial charge < -0.3 is 15.2 Å². The molecule has 4 rings (SSSR count). The summed E-state index contributed by atoms with van der Waals surface area (Å²) in [6.07, 6.45) is 0. The number of allylic oxidation sites excluding steroid dienone is 1. The molecule has 0 spiro atoms. The van der Waals surface area contributed by atoms with Crippen molar-refractivity contribution in [2.75, 3.05) is 0 Å². The highest BCUT2D eigenvalue weighted by atomic mass is 79.9. The van der Waals surface area contributed by atoms with Gasteiger partial charge in [0.1, 0.15) is 23.1 Å². The van der Waals surface area contributed by atoms with E-state index in [1.165, 1.54) is 6.07 Å². The molecular formula is C23H14BrClN2O3. The van der Waals surface area contributed by atoms with E-state index >= 15 is 0 Å². The third kappa shape index (κ3) is 3.90. The van der Waals surface area contributed by atoms with Crippen LogP contribution in [0.25, 0.3) is 0 Å². The zero-order valence-electron chi connectivity index (χ0n) is 15.4. The highest BCUT2D eigenvalue weighted by Gasteiger charge is 2.31. The molecule has 5 nitrogen and oxygen atoms in total. The second-order valence-corrected chi connectivity index (χ2v) is 7.93. The first-order chi connectivity index (χ1) is 14.5. The normalized spacial score (nSPS) is 15.0. The smallest absolute Gasteiger partial charge is 0.343 e. The van der Waals surface area contributed by atoms with E-state index in [2.05, 4.69) is 22.0 Å². The van der Waals surface area contributed by atoms with Crippen molar-refractivity contribution in [2.45, 2.75) is 5.92 Å². The van der Waals surface area contributed by atoms with Gasteiger partial charge in [0.2, 0.25) is 5.88 Å². The lowest BCUT2D eigenvalue weighted by atomic mass is 9.83. The fourth-order valence-electron chi connectivity index (χ4n) is 3.31. The molecule has 0 fully saturated rings. The number of esters is 1. The quantitative estimate of drug-likeness (QED) is 0.392. The Kier molecular flexibility index (Phi) is 5.49. The number of carbonyl (C=O) groups excluding carboxylic acids is 1. The van der Waals surface area contributed by atoms with Crippen molar-refractivity contribution in [1.29, 1.82) is 5.26 Å². The predicted octanol–water partition coefficient (Wildman–Crippen LogP) is 5.54. The molecular weight excluding hydrogens is 468 g/mol. The Morgan fingerprint density at radius 1 is 1.13 bits per heavy atom. The maximum atomic E-state index is 12.4. The second-order valence-electron chi connectivity index (χ2n) is 6.58. The average Bonchev–Trinajstić information content (AvgIpc) is 2.72. The van der Waals surface area contributed by atoms with Gasteiger partial charge in [-0.25, -0.2) is 4.79 Å². The number of nitrogens with two attached hydrogens (primary N) is 1. The molecule has 3 aromatic carbocycles. The van der Waals surface area contributed by atoms with E-state index in [9.17, 15) is 10.1 Å². The zero-order chi connectivity index (χ0) is 21.3. The first-order valence-corrected chi connectivity index (χ1v) is 10.1. The fraction of sp³-hybridized carbons (Fsp3) is 0.0435. The molecule has 1 aliphatic heterocycles. The van der Waals surface area contributed by atoms with Crippen LogP contribution < -0.4 is 15.2 Å². The van der Waals surface area contributed by atoms with Gasteiger partial charge in [0.05, 0.1) is 11.5 Å². The average molecular weight is 482 g/mol. The van der Waals surface area contributed by atoms with Gasteiger partial charge in [-0.15, -0.1) is 0 Å². The molecule has 1 aliphatic rings. The van der Waals surface area contributed by atoms with Crippen molar-refractivity contribution in [3.63, 3.8) is 0 Å². The van der Waals surface area contributed by atoms with Crippen LogP contribution in [0.3, 0.4) is 0 Å². The van der Waals surface area contributed by atoms with Gasteiger partial charge in [-0.2, -0.15) is 5.26 Å². The van der Waals surface area contributed by atoms with Gasteiger partial charge in [0.25, 0.3) is 0 Å². The Bertz CT molecular complexity index is 1230. The number of hydrogen-bond donors (Lipinski definition) is 1. The topological polar surface area (TPSA) is 85.3 Å². The first-order valence-electron chi connectivity index (χ1n) is 8.91. The number of nitrogens with zero attached hydrogens (tertiary/aromatic N) is 1. The summed E-state index contributed by atoms with van der Waals surface area (Å²) in [7, 11) is 0. The summed E-state index contributed by atoms with van der Waals surface area (Å²) in [5.41, 5.74) is 8.32. The number of hydrogen-bond acceptors (Lipinski definition) is 5. The molecule has 0 amide bonds. The maximum Gasteiger partial charge on any atom is 0.343 e. The lowest BCUT2D eigenvalue weighted by Gasteiger charge is -2.26. The molecule has 1 atom stereocenters. The number of carbonyl (C=O) groups is 1. The van der Waals surface area contributed by atoms with E-state index in [0.29, 0.717) is 27.7 Å². The van der Waals surface area contributed by atoms with E-state index in [1.807, 2.05) is 24.3 Å². The Hall–Kier alpha value is -3.27. The second kappa shape index (κ2) is 8.23. The van der Waals surface area contributed by atoms with Crippen LogP contribution in [0.2, 0.25) is 5.02 Å². The van der Waals surface area contributed by atoms with Crippen molar-refractivity contribution in [1.82, 2.24) is 0 Å². The highest BCUT2D eigenvalue weighted by Crippen LogP contribution is 2.43. The van der Waals surface area contributed by atoms with Crippen LogP contribution in [0.1, 0.15) is 27.4 Å². The summed E-state index contributed by atoms with van der Waals surface area (Å²) in [4.78, 5) is 12.4. The van der Waals surface area contributed by atoms with E-state index in [1.54, 1.807) is 36.4 Å². The maximum absolute atomic E-state index is 12.4. The fourth-order valence-corrected chi connectivity index (χ4v) is 3.92. The van der Waals surface area contributed by atoms with Crippen LogP contribution in [0.15, 0.2) is 82.7 Å². The molecule has 0 saturated carbocycles. The van der Waals surface area contributed by atoms with Crippen LogP contribution in [-0.2, 0) is 0 Å². The SMILES string of the molecule is N#CC1=C(N)Oc2cc(OC(=O)c3cccc(Cl)c3)ccc2C1c1cccc(Br)c1. The number of nitriles is 1. The summed E-state index contributed by atoms with van der Waals surface area (Å²) in [6.45, 7) is 0. The van der Waals surface area contributed by atoms with E-state index < -0.39 is 11.9 Å². The largest absolute Gasteiger partial charge is 0.440 e. The van der Waals surface area contributed by atoms with Crippen LogP contribution in [0.4, 0.5) is 0 Å². The molecule has 0 aliphatic carbocycles. The van der Waals surface area contributed by atoms with Gasteiger partial charge >= 0.3 is 5.97 Å². The Morgan fingerprint density at radius 3 is 2.67 bits per heavy atom. The van der Waals surface area contributed by atoms with Gasteiger partial charge in [0, 0.05) is 21.1 Å². The lowest BCUT2D eigenvalue weighted by molar-refractivity contribution is 0.0734. The summed E-state index contributed by atoms with van der Waals surface area (Å²) < 4.78 is 12.0. The van der Waals surface area contributed by atoms with Gasteiger partial charge in [0.15, 0.2) is 0 Å². The monoisotopic (exact) mass is 480 g/mol. The van der Waals surface area contributed by atoms with Gasteiger partial charge in [-0.05, 0) is 42.0 Å². The Balaban J connectivity index is 1.70. The minimum absolute atomic E-state index is 0.0216. The van der Waals surface area contributed by atoms with Gasteiger partial charge in [-0.1, -0.05) is 51.8 Å². The Labute approximate surface area is 186 Å². The van der Waals surface area contributed by atoms with Crippen LogP contribution in [0.5, 0.6) is 11.5 Å². The summed E-state index contributed by atoms with van der Waals surface area (Å²) in [6, 6.07) is 21.3. The number of rotatable bonds is 3. The van der Waals surface area contributed by atoms with Crippen molar-refractivity contribution in [2.24, 2.45) is 5.73 Å². The third-order valence-electron chi connectivity index (χ3n) is 4.64. The number of ether oxygens (including phenoxy) is 2. The number of benzene rings is 3. The standard InChI is InChI=1S/C23H14BrClN2O3/c24-15-5-1-3-13(9-15)21-18-8-7-17(11-20(18)30-22(27)19(21)12-26)29-23(28)14-4-2-6-16(25)10-14/h1-11,21H,27H2. The predicted molar refractivity (Wildman–Crippen MR) is 116 cm³/mol. The van der Waals surface area contributed by atoms with E-state index in [0.717, 1.165) is 15.6 Å². The van der Waals surface area contributed by atoms with Crippen molar-refractivity contribution >= 4 is 33.5 Å². The molecule has 0 radical (unpaired) electrons. The molecule has 1 unspecified atom stereocenters. The molecule has 148 valence electrons. The first kappa shape index (κ1) is 20.0. The van der Waals surface area contributed by atoms with Crippen LogP contribution in [-0.4, -0.2) is 5.97 Å². The molecule has 0 saturated heterocycles. The number of fused-ring (bicyclic) bond motifs is 1. The van der Waals surface area contributed by atoms with Crippen molar-refractivity contribution < 1.29 is 14.3 Å². The lowest BCUT2D eigenvalue weighted by Crippen LogP contribution is -2.21. The van der Waals surface area contributed by atoms with Crippen LogP contribution >= 0.6 is 27.5 Å². The number of halogens is 2. The molecule has 3 aromatic rings. The molecule has 2 N–H and O–H groups in total. The summed E-state index contributed by atoms with van der Waals surface area (Å²) in [5.74, 6) is -0.201. The van der Waals surface area contributed by atoms with E-state index in [-0.39, 0.29) is 5.88 Å². The molecule has 7 heteroatoms. The highest BCUT2D eigenvalue weighted by molar-refractivity contribution is 9.10. The van der Waals surface area contributed by atoms with E-state index in [4.69, 9.17) is 26.8 Å². The summed E-state index contributed by atoms with van der Waals surface area (Å²) >= 11 is 9.40. The molecule has 1 heterocycles. The van der Waals surface area contributed by atoms with Crippen molar-refractivity contribution in [3.05, 3.63) is 104 Å². The van der Waals surface area contributed by atoms with Gasteiger partial charge in [-0.3, -0.25) is 0 Å². The zero-order valence-corrected chi connectivity index (χ0v) is 17.8. The minimum atomic E-state index is -0.543. The molecule has 0 aromatic heterocycles. The third-order valence-corrected chi connectivity index (χ3v) is 5.37. The minimum Gasteiger partial charge on any atom is -0.440 e. The molecule has 30 heavy (non-hydrogen) atoms. The molecule has 0 bridgehead atoms. The van der Waals surface area contributed by atoms with Crippen molar-refractivity contribution in [3.8, 4) is 17.6 Å².